The molecule has 6 heteroatoms. The average Bonchev–Trinajstić information content (AvgIpc) is 3.16. The van der Waals surface area contributed by atoms with Crippen LogP contribution in [-0.2, 0) is 16.1 Å². The molecule has 2 aliphatic rings. The molecule has 2 amide bonds. The lowest BCUT2D eigenvalue weighted by Gasteiger charge is -2.36. The first-order valence-electron chi connectivity index (χ1n) is 10.0. The molecular formula is C23H24N4O2. The molecule has 2 aromatic carbocycles. The number of carbonyl (C=O) groups excluding carboxylic acids is 2. The third kappa shape index (κ3) is 4.15. The number of nitriles is 1. The maximum absolute atomic E-state index is 13.0. The van der Waals surface area contributed by atoms with Crippen LogP contribution in [-0.4, -0.2) is 54.3 Å². The Balaban J connectivity index is 1.35. The van der Waals surface area contributed by atoms with Crippen LogP contribution in [0.15, 0.2) is 54.6 Å². The van der Waals surface area contributed by atoms with Crippen molar-refractivity contribution < 1.29 is 9.59 Å². The average molecular weight is 388 g/mol. The van der Waals surface area contributed by atoms with E-state index in [9.17, 15) is 14.9 Å². The van der Waals surface area contributed by atoms with Gasteiger partial charge in [-0.3, -0.25) is 14.5 Å². The Hall–Kier alpha value is -3.17. The minimum Gasteiger partial charge on any atom is -0.340 e. The van der Waals surface area contributed by atoms with Gasteiger partial charge >= 0.3 is 0 Å². The van der Waals surface area contributed by atoms with Crippen LogP contribution in [0.3, 0.4) is 0 Å². The van der Waals surface area contributed by atoms with Gasteiger partial charge in [0.25, 0.3) is 0 Å². The first-order valence-corrected chi connectivity index (χ1v) is 10.0. The van der Waals surface area contributed by atoms with Crippen molar-refractivity contribution in [2.45, 2.75) is 13.0 Å². The molecule has 0 aliphatic carbocycles. The van der Waals surface area contributed by atoms with E-state index >= 15 is 0 Å². The second kappa shape index (κ2) is 8.46. The highest BCUT2D eigenvalue weighted by atomic mass is 16.2. The highest BCUT2D eigenvalue weighted by Gasteiger charge is 2.38. The molecule has 2 saturated heterocycles. The molecule has 2 aromatic rings. The van der Waals surface area contributed by atoms with Crippen molar-refractivity contribution in [3.63, 3.8) is 0 Å². The molecule has 0 spiro atoms. The fourth-order valence-corrected chi connectivity index (χ4v) is 4.14. The van der Waals surface area contributed by atoms with Gasteiger partial charge in [-0.2, -0.15) is 5.26 Å². The lowest BCUT2D eigenvalue weighted by Crippen LogP contribution is -2.50. The number of carbonyl (C=O) groups is 2. The van der Waals surface area contributed by atoms with Crippen LogP contribution in [0.2, 0.25) is 0 Å². The van der Waals surface area contributed by atoms with Gasteiger partial charge in [0.05, 0.1) is 17.2 Å². The van der Waals surface area contributed by atoms with Crippen LogP contribution < -0.4 is 4.90 Å². The molecule has 1 unspecified atom stereocenters. The van der Waals surface area contributed by atoms with E-state index in [-0.39, 0.29) is 24.2 Å². The summed E-state index contributed by atoms with van der Waals surface area (Å²) in [7, 11) is 0. The largest absolute Gasteiger partial charge is 0.340 e. The summed E-state index contributed by atoms with van der Waals surface area (Å²) in [6.07, 6.45) is 0.211. The first kappa shape index (κ1) is 19.2. The summed E-state index contributed by atoms with van der Waals surface area (Å²) in [5.74, 6) is -0.377. The Labute approximate surface area is 170 Å². The van der Waals surface area contributed by atoms with E-state index in [1.54, 1.807) is 23.1 Å². The molecule has 2 fully saturated rings. The van der Waals surface area contributed by atoms with Gasteiger partial charge in [-0.05, 0) is 17.7 Å². The maximum Gasteiger partial charge on any atom is 0.228 e. The fraction of sp³-hybridized carbons (Fsp3) is 0.348. The number of amides is 2. The topological polar surface area (TPSA) is 67.7 Å². The summed E-state index contributed by atoms with van der Waals surface area (Å²) in [6, 6.07) is 19.5. The fourth-order valence-electron chi connectivity index (χ4n) is 4.14. The van der Waals surface area contributed by atoms with E-state index in [1.807, 2.05) is 29.2 Å². The van der Waals surface area contributed by atoms with Gasteiger partial charge in [0.1, 0.15) is 6.07 Å². The van der Waals surface area contributed by atoms with Gasteiger partial charge in [-0.15, -0.1) is 0 Å². The monoisotopic (exact) mass is 388 g/mol. The second-order valence-electron chi connectivity index (χ2n) is 7.62. The number of hydrogen-bond acceptors (Lipinski definition) is 4. The van der Waals surface area contributed by atoms with Gasteiger partial charge in [0.2, 0.25) is 11.8 Å². The molecule has 1 atom stereocenters. The van der Waals surface area contributed by atoms with E-state index in [4.69, 9.17) is 0 Å². The molecule has 0 aromatic heterocycles. The molecule has 148 valence electrons. The minimum absolute atomic E-state index is 0.0506. The van der Waals surface area contributed by atoms with Crippen molar-refractivity contribution in [2.75, 3.05) is 37.6 Å². The van der Waals surface area contributed by atoms with Gasteiger partial charge in [0.15, 0.2) is 0 Å². The predicted octanol–water partition coefficient (Wildman–Crippen LogP) is 2.26. The molecule has 4 rings (SSSR count). The minimum atomic E-state index is -0.338. The van der Waals surface area contributed by atoms with Crippen LogP contribution in [0.25, 0.3) is 0 Å². The van der Waals surface area contributed by atoms with Crippen molar-refractivity contribution in [2.24, 2.45) is 5.92 Å². The summed E-state index contributed by atoms with van der Waals surface area (Å²) in [5, 5.41) is 9.31. The summed E-state index contributed by atoms with van der Waals surface area (Å²) >= 11 is 0. The van der Waals surface area contributed by atoms with Gasteiger partial charge in [0, 0.05) is 45.7 Å². The molecule has 0 bridgehead atoms. The molecule has 2 aliphatic heterocycles. The molecule has 29 heavy (non-hydrogen) atoms. The van der Waals surface area contributed by atoms with E-state index in [0.717, 1.165) is 19.6 Å². The smallest absolute Gasteiger partial charge is 0.228 e. The Morgan fingerprint density at radius 3 is 2.41 bits per heavy atom. The summed E-state index contributed by atoms with van der Waals surface area (Å²) in [4.78, 5) is 31.4. The van der Waals surface area contributed by atoms with Crippen molar-refractivity contribution in [3.05, 3.63) is 65.7 Å². The lowest BCUT2D eigenvalue weighted by molar-refractivity contribution is -0.137. The Morgan fingerprint density at radius 2 is 1.69 bits per heavy atom. The Morgan fingerprint density at radius 1 is 1.00 bits per heavy atom. The van der Waals surface area contributed by atoms with E-state index in [1.165, 1.54) is 5.56 Å². The lowest BCUT2D eigenvalue weighted by atomic mass is 10.1. The number of anilines is 1. The van der Waals surface area contributed by atoms with E-state index in [0.29, 0.717) is 30.9 Å². The molecular weight excluding hydrogens is 364 g/mol. The number of hydrogen-bond donors (Lipinski definition) is 0. The van der Waals surface area contributed by atoms with Gasteiger partial charge in [-0.25, -0.2) is 0 Å². The SMILES string of the molecule is N#Cc1ccccc1N1CC(C(=O)N2CCN(Cc3ccccc3)CC2)CC1=O. The number of para-hydroxylation sites is 1. The Bertz CT molecular complexity index is 929. The second-order valence-corrected chi connectivity index (χ2v) is 7.62. The van der Waals surface area contributed by atoms with Gasteiger partial charge in [-0.1, -0.05) is 42.5 Å². The predicted molar refractivity (Wildman–Crippen MR) is 110 cm³/mol. The molecule has 0 N–H and O–H groups in total. The molecule has 2 heterocycles. The van der Waals surface area contributed by atoms with Crippen molar-refractivity contribution in [1.29, 1.82) is 5.26 Å². The third-order valence-corrected chi connectivity index (χ3v) is 5.72. The normalized spacial score (nSPS) is 20.0. The molecule has 0 saturated carbocycles. The summed E-state index contributed by atoms with van der Waals surface area (Å²) < 4.78 is 0. The third-order valence-electron chi connectivity index (χ3n) is 5.72. The van der Waals surface area contributed by atoms with E-state index < -0.39 is 0 Å². The van der Waals surface area contributed by atoms with Crippen LogP contribution in [0.4, 0.5) is 5.69 Å². The van der Waals surface area contributed by atoms with Crippen molar-refractivity contribution in [3.8, 4) is 6.07 Å². The zero-order valence-electron chi connectivity index (χ0n) is 16.3. The quantitative estimate of drug-likeness (QED) is 0.806. The number of piperazine rings is 1. The summed E-state index contributed by atoms with van der Waals surface area (Å²) in [5.41, 5.74) is 2.34. The standard InChI is InChI=1S/C23H24N4O2/c24-15-19-8-4-5-9-21(19)27-17-20(14-22(27)28)23(29)26-12-10-25(11-13-26)16-18-6-2-1-3-7-18/h1-9,20H,10-14,16-17H2. The van der Waals surface area contributed by atoms with Crippen LogP contribution in [0.5, 0.6) is 0 Å². The first-order chi connectivity index (χ1) is 14.2. The highest BCUT2D eigenvalue weighted by Crippen LogP contribution is 2.29. The van der Waals surface area contributed by atoms with Crippen molar-refractivity contribution >= 4 is 17.5 Å². The molecule has 0 radical (unpaired) electrons. The van der Waals surface area contributed by atoms with E-state index in [2.05, 4.69) is 23.1 Å². The van der Waals surface area contributed by atoms with Crippen molar-refractivity contribution in [1.82, 2.24) is 9.80 Å². The van der Waals surface area contributed by atoms with Crippen LogP contribution >= 0.6 is 0 Å². The van der Waals surface area contributed by atoms with Crippen LogP contribution in [0.1, 0.15) is 17.5 Å². The maximum atomic E-state index is 13.0. The Kier molecular flexibility index (Phi) is 5.59. The van der Waals surface area contributed by atoms with Crippen LogP contribution in [0, 0.1) is 17.2 Å². The van der Waals surface area contributed by atoms with Gasteiger partial charge < -0.3 is 9.80 Å². The highest BCUT2D eigenvalue weighted by molar-refractivity contribution is 6.01. The number of benzene rings is 2. The number of nitrogens with zero attached hydrogens (tertiary/aromatic N) is 4. The molecule has 6 nitrogen and oxygen atoms in total. The summed E-state index contributed by atoms with van der Waals surface area (Å²) in [6.45, 7) is 4.28. The number of rotatable bonds is 4. The zero-order valence-corrected chi connectivity index (χ0v) is 16.3. The zero-order chi connectivity index (χ0) is 20.2.